The van der Waals surface area contributed by atoms with E-state index in [2.05, 4.69) is 0 Å². The normalized spacial score (nSPS) is 13.4. The molecular weight excluding hydrogens is 517 g/mol. The Morgan fingerprint density at radius 2 is 0.480 bits per heavy atom. The molecule has 0 aromatic rings. The minimum absolute atomic E-state index is 0. The van der Waals surface area contributed by atoms with Crippen LogP contribution in [0.4, 0.5) is 39.5 Å². The van der Waals surface area contributed by atoms with Gasteiger partial charge in [0.25, 0.3) is 0 Å². The molecule has 0 atom stereocenters. The van der Waals surface area contributed by atoms with Crippen LogP contribution in [-0.4, -0.2) is 75.2 Å². The summed E-state index contributed by atoms with van der Waals surface area (Å²) in [6.45, 7) is 0. The van der Waals surface area contributed by atoms with Crippen molar-refractivity contribution < 1.29 is 78.4 Å². The van der Waals surface area contributed by atoms with Gasteiger partial charge in [-0.3, -0.25) is 0 Å². The van der Waals surface area contributed by atoms with Crippen molar-refractivity contribution in [2.24, 2.45) is 0 Å². The molecule has 150 valence electrons. The second-order valence-electron chi connectivity index (χ2n) is 2.70. The third-order valence-corrected chi connectivity index (χ3v) is 2.55. The van der Waals surface area contributed by atoms with Crippen LogP contribution < -0.4 is 0 Å². The maximum absolute atomic E-state index is 10.7. The largest absolute Gasteiger partial charge is 3.00 e. The van der Waals surface area contributed by atoms with Crippen LogP contribution in [0.2, 0.25) is 0 Å². The van der Waals surface area contributed by atoms with Crippen molar-refractivity contribution in [2.75, 3.05) is 0 Å². The van der Waals surface area contributed by atoms with Crippen LogP contribution in [-0.2, 0) is 30.4 Å². The van der Waals surface area contributed by atoms with Gasteiger partial charge in [-0.1, -0.05) is 0 Å². The third kappa shape index (κ3) is 15.7. The molecule has 0 fully saturated rings. The van der Waals surface area contributed by atoms with E-state index in [1.165, 1.54) is 0 Å². The van der Waals surface area contributed by atoms with E-state index in [0.717, 1.165) is 0 Å². The van der Waals surface area contributed by atoms with Gasteiger partial charge >= 0.3 is 36.3 Å². The maximum Gasteiger partial charge on any atom is 3.00 e. The minimum atomic E-state index is -6.09. The van der Waals surface area contributed by atoms with Gasteiger partial charge in [0.2, 0.25) is 0 Å². The average Bonchev–Trinajstić information content (AvgIpc) is 2.08. The van der Waals surface area contributed by atoms with Gasteiger partial charge < -0.3 is 13.7 Å². The van der Waals surface area contributed by atoms with Crippen LogP contribution in [0.3, 0.4) is 0 Å². The van der Waals surface area contributed by atoms with Crippen LogP contribution >= 0.6 is 0 Å². The number of rotatable bonds is 0. The van der Waals surface area contributed by atoms with Crippen molar-refractivity contribution >= 4 is 50.1 Å². The second kappa shape index (κ2) is 9.61. The number of hydrogen-bond donors (Lipinski definition) is 0. The first-order valence-corrected chi connectivity index (χ1v) is 8.04. The van der Waals surface area contributed by atoms with Crippen LogP contribution in [0, 0.1) is 0 Å². The summed E-state index contributed by atoms with van der Waals surface area (Å²) < 4.78 is 177. The fourth-order valence-electron chi connectivity index (χ4n) is 0. The Morgan fingerprint density at radius 1 is 0.440 bits per heavy atom. The third-order valence-electron chi connectivity index (χ3n) is 0.850. The van der Waals surface area contributed by atoms with Gasteiger partial charge in [-0.05, 0) is 0 Å². The quantitative estimate of drug-likeness (QED) is 0.182. The van der Waals surface area contributed by atoms with Crippen LogP contribution in [0.5, 0.6) is 0 Å². The predicted octanol–water partition coefficient (Wildman–Crippen LogP) is -0.227. The Kier molecular flexibility index (Phi) is 12.5. The molecule has 0 aromatic carbocycles. The monoisotopic (exact) mass is 516 g/mol. The van der Waals surface area contributed by atoms with Crippen molar-refractivity contribution in [3.8, 4) is 0 Å². The fourth-order valence-corrected chi connectivity index (χ4v) is 0. The Hall–Kier alpha value is -0.264. The molecule has 0 radical (unpaired) electrons. The molecule has 0 bridgehead atoms. The van der Waals surface area contributed by atoms with Crippen molar-refractivity contribution in [3.63, 3.8) is 0 Å². The Bertz CT molecular complexity index is 596. The number of hydrogen-bond acceptors (Lipinski definition) is 9. The van der Waals surface area contributed by atoms with Crippen LogP contribution in [0.25, 0.3) is 0 Å². The standard InChI is InChI=1S/3CHF3O3S.Ga/c3*2-1(3,4)8(5,6)7;/h3*(H,5,6,7);/q;;;+3/p-3. The summed E-state index contributed by atoms with van der Waals surface area (Å²) in [7, 11) is -18.3. The molecule has 9 nitrogen and oxygen atoms in total. The van der Waals surface area contributed by atoms with Gasteiger partial charge in [0.05, 0.1) is 0 Å². The second-order valence-corrected chi connectivity index (χ2v) is 6.81. The molecule has 0 spiro atoms. The zero-order valence-electron chi connectivity index (χ0n) is 10.4. The summed E-state index contributed by atoms with van der Waals surface area (Å²) in [4.78, 5) is 0. The van der Waals surface area contributed by atoms with Gasteiger partial charge in [-0.25, -0.2) is 25.3 Å². The minimum Gasteiger partial charge on any atom is -0.741 e. The molecular formula is C3F9GaO9S3. The van der Waals surface area contributed by atoms with E-state index >= 15 is 0 Å². The Morgan fingerprint density at radius 3 is 0.480 bits per heavy atom. The average molecular weight is 517 g/mol. The number of halogens is 9. The summed E-state index contributed by atoms with van der Waals surface area (Å²) in [5, 5.41) is 0. The molecule has 0 rings (SSSR count). The van der Waals surface area contributed by atoms with E-state index in [9.17, 15) is 39.5 Å². The molecule has 0 saturated heterocycles. The molecule has 0 N–H and O–H groups in total. The van der Waals surface area contributed by atoms with Gasteiger partial charge in [0.1, 0.15) is 0 Å². The first-order valence-electron chi connectivity index (χ1n) is 3.81. The zero-order chi connectivity index (χ0) is 21.0. The van der Waals surface area contributed by atoms with Gasteiger partial charge in [-0.2, -0.15) is 39.5 Å². The Balaban J connectivity index is -0.000000130. The SMILES string of the molecule is O=S(=O)([O-])C(F)(F)F.O=S(=O)([O-])C(F)(F)F.O=S(=O)([O-])C(F)(F)F.[Ga+3]. The molecule has 0 heterocycles. The van der Waals surface area contributed by atoms with E-state index in [-0.39, 0.29) is 19.8 Å². The van der Waals surface area contributed by atoms with Crippen molar-refractivity contribution in [1.82, 2.24) is 0 Å². The van der Waals surface area contributed by atoms with Gasteiger partial charge in [0.15, 0.2) is 30.4 Å². The van der Waals surface area contributed by atoms with E-state index in [1.807, 2.05) is 0 Å². The van der Waals surface area contributed by atoms with Gasteiger partial charge in [0, 0.05) is 0 Å². The number of alkyl halides is 9. The first kappa shape index (κ1) is 32.4. The van der Waals surface area contributed by atoms with Crippen molar-refractivity contribution in [2.45, 2.75) is 16.5 Å². The van der Waals surface area contributed by atoms with E-state index in [0.29, 0.717) is 0 Å². The molecule has 0 aliphatic rings. The molecule has 0 saturated carbocycles. The van der Waals surface area contributed by atoms with E-state index in [4.69, 9.17) is 38.9 Å². The van der Waals surface area contributed by atoms with Gasteiger partial charge in [-0.15, -0.1) is 0 Å². The topological polar surface area (TPSA) is 172 Å². The Labute approximate surface area is 145 Å². The molecule has 0 aliphatic heterocycles. The molecule has 25 heavy (non-hydrogen) atoms. The summed E-state index contributed by atoms with van der Waals surface area (Å²) in [5.41, 5.74) is -16.9. The van der Waals surface area contributed by atoms with E-state index < -0.39 is 46.9 Å². The molecule has 0 aliphatic carbocycles. The summed E-state index contributed by atoms with van der Waals surface area (Å²) in [6, 6.07) is 0. The molecule has 22 heteroatoms. The van der Waals surface area contributed by atoms with Crippen molar-refractivity contribution in [3.05, 3.63) is 0 Å². The molecule has 0 unspecified atom stereocenters. The molecule has 0 aromatic heterocycles. The maximum atomic E-state index is 10.7. The first-order chi connectivity index (χ1) is 9.75. The smallest absolute Gasteiger partial charge is 0.741 e. The molecule has 0 amide bonds. The summed E-state index contributed by atoms with van der Waals surface area (Å²) in [6.07, 6.45) is 0. The van der Waals surface area contributed by atoms with Crippen LogP contribution in [0.1, 0.15) is 0 Å². The predicted molar refractivity (Wildman–Crippen MR) is 53.0 cm³/mol. The zero-order valence-corrected chi connectivity index (χ0v) is 15.3. The van der Waals surface area contributed by atoms with Crippen molar-refractivity contribution in [1.29, 1.82) is 0 Å². The van der Waals surface area contributed by atoms with E-state index in [1.54, 1.807) is 0 Å². The summed E-state index contributed by atoms with van der Waals surface area (Å²) in [5.74, 6) is 0. The summed E-state index contributed by atoms with van der Waals surface area (Å²) >= 11 is 0. The van der Waals surface area contributed by atoms with Crippen LogP contribution in [0.15, 0.2) is 0 Å². The fraction of sp³-hybridized carbons (Fsp3) is 1.00.